The topological polar surface area (TPSA) is 69.8 Å². The van der Waals surface area contributed by atoms with Crippen LogP contribution in [0.15, 0.2) is 56.5 Å². The first-order chi connectivity index (χ1) is 12.8. The van der Waals surface area contributed by atoms with Gasteiger partial charge in [-0.3, -0.25) is 9.59 Å². The molecular formula is C18H15BrCl2N4O2. The largest absolute Gasteiger partial charge is 0.280 e. The quantitative estimate of drug-likeness (QED) is 0.572. The number of aryl methyl sites for hydroxylation is 2. The summed E-state index contributed by atoms with van der Waals surface area (Å²) in [4.78, 5) is 22.6. The van der Waals surface area contributed by atoms with Gasteiger partial charge in [0.25, 0.3) is 11.1 Å². The van der Waals surface area contributed by atoms with E-state index in [0.717, 1.165) is 5.56 Å². The third-order valence-electron chi connectivity index (χ3n) is 3.31. The molecule has 0 saturated carbocycles. The van der Waals surface area contributed by atoms with Gasteiger partial charge in [-0.05, 0) is 39.7 Å². The lowest BCUT2D eigenvalue weighted by Gasteiger charge is -1.99. The van der Waals surface area contributed by atoms with Crippen molar-refractivity contribution in [1.82, 2.24) is 19.6 Å². The minimum absolute atomic E-state index is 0.165. The van der Waals surface area contributed by atoms with E-state index in [1.54, 1.807) is 26.2 Å². The fraction of sp³-hybridized carbons (Fsp3) is 0.111. The van der Waals surface area contributed by atoms with E-state index in [9.17, 15) is 9.59 Å². The maximum absolute atomic E-state index is 11.7. The number of aromatic nitrogens is 4. The first-order valence-electron chi connectivity index (χ1n) is 7.64. The Kier molecular flexibility index (Phi) is 7.53. The van der Waals surface area contributed by atoms with Gasteiger partial charge in [-0.2, -0.15) is 10.2 Å². The van der Waals surface area contributed by atoms with E-state index in [1.165, 1.54) is 15.4 Å². The average molecular weight is 470 g/mol. The van der Waals surface area contributed by atoms with Gasteiger partial charge in [-0.15, -0.1) is 0 Å². The summed E-state index contributed by atoms with van der Waals surface area (Å²) in [5, 5.41) is 8.10. The molecule has 27 heavy (non-hydrogen) atoms. The van der Waals surface area contributed by atoms with Crippen LogP contribution in [0, 0.1) is 0 Å². The second-order valence-corrected chi connectivity index (χ2v) is 6.97. The molecule has 0 amide bonds. The van der Waals surface area contributed by atoms with Crippen LogP contribution in [0.25, 0.3) is 12.2 Å². The Bertz CT molecular complexity index is 1050. The number of halogens is 3. The van der Waals surface area contributed by atoms with E-state index in [-0.39, 0.29) is 11.1 Å². The molecule has 3 rings (SSSR count). The van der Waals surface area contributed by atoms with Crippen molar-refractivity contribution in [3.8, 4) is 0 Å². The summed E-state index contributed by atoms with van der Waals surface area (Å²) in [5.41, 5.74) is 1.20. The third kappa shape index (κ3) is 6.16. The molecule has 2 heterocycles. The van der Waals surface area contributed by atoms with E-state index < -0.39 is 0 Å². The van der Waals surface area contributed by atoms with Gasteiger partial charge in [0, 0.05) is 19.7 Å². The summed E-state index contributed by atoms with van der Waals surface area (Å²) in [5.74, 6) is 0. The Morgan fingerprint density at radius 3 is 2.04 bits per heavy atom. The molecule has 0 bridgehead atoms. The number of hydrogen-bond donors (Lipinski definition) is 0. The summed E-state index contributed by atoms with van der Waals surface area (Å²) >= 11 is 14.4. The molecule has 0 fully saturated rings. The van der Waals surface area contributed by atoms with Gasteiger partial charge in [0.1, 0.15) is 5.15 Å². The molecule has 0 aliphatic rings. The zero-order valence-corrected chi connectivity index (χ0v) is 17.5. The van der Waals surface area contributed by atoms with Crippen molar-refractivity contribution in [3.05, 3.63) is 89.1 Å². The summed E-state index contributed by atoms with van der Waals surface area (Å²) in [6.45, 7) is 0. The van der Waals surface area contributed by atoms with Crippen molar-refractivity contribution in [2.24, 2.45) is 14.1 Å². The third-order valence-corrected chi connectivity index (χ3v) is 4.24. The lowest BCUT2D eigenvalue weighted by molar-refractivity contribution is 0.703. The highest BCUT2D eigenvalue weighted by atomic mass is 79.9. The molecule has 0 atom stereocenters. The maximum atomic E-state index is 11.7. The lowest BCUT2D eigenvalue weighted by Crippen LogP contribution is -2.21. The van der Waals surface area contributed by atoms with E-state index in [1.807, 2.05) is 36.4 Å². The molecule has 0 radical (unpaired) electrons. The van der Waals surface area contributed by atoms with Gasteiger partial charge in [0.05, 0.1) is 4.47 Å². The Hall–Kier alpha value is -2.22. The molecular weight excluding hydrogens is 455 g/mol. The standard InChI is InChI=1S/C13H11ClN2O.C5H4BrClN2O/c1-16-13(17)11(9-12(14)15-16)8-7-10-5-3-2-4-6-10;1-9-5(10)3(6)2-4(7)8-9/h2-9H,1H3;2H,1H3/b8-7+;. The van der Waals surface area contributed by atoms with Gasteiger partial charge in [-0.25, -0.2) is 9.36 Å². The predicted molar refractivity (Wildman–Crippen MR) is 112 cm³/mol. The number of rotatable bonds is 2. The van der Waals surface area contributed by atoms with Crippen molar-refractivity contribution in [2.45, 2.75) is 0 Å². The number of benzene rings is 1. The van der Waals surface area contributed by atoms with Crippen LogP contribution in [0.1, 0.15) is 11.1 Å². The van der Waals surface area contributed by atoms with Crippen molar-refractivity contribution in [3.63, 3.8) is 0 Å². The summed E-state index contributed by atoms with van der Waals surface area (Å²) < 4.78 is 2.83. The van der Waals surface area contributed by atoms with Gasteiger partial charge < -0.3 is 0 Å². The van der Waals surface area contributed by atoms with E-state index >= 15 is 0 Å². The molecule has 2 aromatic heterocycles. The first-order valence-corrected chi connectivity index (χ1v) is 9.19. The van der Waals surface area contributed by atoms with E-state index in [0.29, 0.717) is 20.3 Å². The normalized spacial score (nSPS) is 10.6. The molecule has 6 nitrogen and oxygen atoms in total. The highest BCUT2D eigenvalue weighted by Crippen LogP contribution is 2.08. The summed E-state index contributed by atoms with van der Waals surface area (Å²) in [6, 6.07) is 12.8. The molecule has 0 aliphatic heterocycles. The zero-order valence-electron chi connectivity index (χ0n) is 14.4. The zero-order chi connectivity index (χ0) is 20.0. The van der Waals surface area contributed by atoms with Crippen LogP contribution in [-0.2, 0) is 14.1 Å². The highest BCUT2D eigenvalue weighted by molar-refractivity contribution is 9.10. The van der Waals surface area contributed by atoms with Gasteiger partial charge in [0.2, 0.25) is 0 Å². The van der Waals surface area contributed by atoms with Crippen molar-refractivity contribution in [2.75, 3.05) is 0 Å². The van der Waals surface area contributed by atoms with Crippen LogP contribution in [0.3, 0.4) is 0 Å². The van der Waals surface area contributed by atoms with E-state index in [4.69, 9.17) is 23.2 Å². The maximum Gasteiger partial charge on any atom is 0.280 e. The van der Waals surface area contributed by atoms with Crippen molar-refractivity contribution < 1.29 is 0 Å². The number of nitrogens with zero attached hydrogens (tertiary/aromatic N) is 4. The molecule has 0 spiro atoms. The van der Waals surface area contributed by atoms with Crippen molar-refractivity contribution in [1.29, 1.82) is 0 Å². The monoisotopic (exact) mass is 468 g/mol. The van der Waals surface area contributed by atoms with Crippen LogP contribution in [0.2, 0.25) is 10.3 Å². The highest BCUT2D eigenvalue weighted by Gasteiger charge is 2.01. The molecule has 0 N–H and O–H groups in total. The van der Waals surface area contributed by atoms with Gasteiger partial charge >= 0.3 is 0 Å². The Labute approximate surface area is 173 Å². The molecule has 1 aromatic carbocycles. The van der Waals surface area contributed by atoms with Crippen LogP contribution in [0.4, 0.5) is 0 Å². The predicted octanol–water partition coefficient (Wildman–Crippen LogP) is 3.80. The second-order valence-electron chi connectivity index (χ2n) is 5.34. The minimum atomic E-state index is -0.190. The molecule has 0 aliphatic carbocycles. The summed E-state index contributed by atoms with van der Waals surface area (Å²) in [6.07, 6.45) is 3.61. The van der Waals surface area contributed by atoms with Crippen LogP contribution < -0.4 is 11.1 Å². The summed E-state index contributed by atoms with van der Waals surface area (Å²) in [7, 11) is 3.12. The fourth-order valence-electron chi connectivity index (χ4n) is 2.00. The minimum Gasteiger partial charge on any atom is -0.267 e. The Morgan fingerprint density at radius 1 is 0.889 bits per heavy atom. The van der Waals surface area contributed by atoms with Gasteiger partial charge in [0.15, 0.2) is 5.15 Å². The Morgan fingerprint density at radius 2 is 1.44 bits per heavy atom. The molecule has 140 valence electrons. The van der Waals surface area contributed by atoms with Crippen LogP contribution in [-0.4, -0.2) is 19.6 Å². The second kappa shape index (κ2) is 9.64. The molecule has 0 saturated heterocycles. The SMILES string of the molecule is Cn1nc(Cl)cc(/C=C/c2ccccc2)c1=O.Cn1nc(Cl)cc(Br)c1=O. The van der Waals surface area contributed by atoms with Crippen LogP contribution in [0.5, 0.6) is 0 Å². The molecule has 3 aromatic rings. The van der Waals surface area contributed by atoms with Gasteiger partial charge in [-0.1, -0.05) is 59.6 Å². The fourth-order valence-corrected chi connectivity index (χ4v) is 3.06. The number of hydrogen-bond acceptors (Lipinski definition) is 4. The average Bonchev–Trinajstić information content (AvgIpc) is 2.63. The van der Waals surface area contributed by atoms with Crippen LogP contribution >= 0.6 is 39.1 Å². The van der Waals surface area contributed by atoms with E-state index in [2.05, 4.69) is 26.1 Å². The molecule has 9 heteroatoms. The molecule has 0 unspecified atom stereocenters. The lowest BCUT2D eigenvalue weighted by atomic mass is 10.2. The smallest absolute Gasteiger partial charge is 0.267 e. The van der Waals surface area contributed by atoms with Crippen molar-refractivity contribution >= 4 is 51.3 Å². The Balaban J connectivity index is 0.000000223. The first kappa shape index (κ1) is 21.1.